The summed E-state index contributed by atoms with van der Waals surface area (Å²) in [6, 6.07) is 10.8. The molecule has 0 aromatic heterocycles. The number of hydrogen-bond acceptors (Lipinski definition) is 1. The van der Waals surface area contributed by atoms with Gasteiger partial charge in [0.2, 0.25) is 6.41 Å². The van der Waals surface area contributed by atoms with Crippen molar-refractivity contribution in [2.24, 2.45) is 0 Å². The molecule has 1 aromatic rings. The third-order valence-electron chi connectivity index (χ3n) is 2.87. The zero-order chi connectivity index (χ0) is 9.80. The van der Waals surface area contributed by atoms with Crippen LogP contribution in [0.2, 0.25) is 0 Å². The van der Waals surface area contributed by atoms with Crippen LogP contribution in [0.15, 0.2) is 30.3 Å². The maximum absolute atomic E-state index is 10.7. The smallest absolute Gasteiger partial charge is 0.209 e. The molecule has 0 saturated carbocycles. The Morgan fingerprint density at radius 3 is 2.86 bits per heavy atom. The lowest BCUT2D eigenvalue weighted by Crippen LogP contribution is -2.29. The van der Waals surface area contributed by atoms with Gasteiger partial charge >= 0.3 is 0 Å². The summed E-state index contributed by atoms with van der Waals surface area (Å²) in [6.07, 6.45) is 4.28. The van der Waals surface area contributed by atoms with E-state index in [0.717, 1.165) is 32.2 Å². The fourth-order valence-corrected chi connectivity index (χ4v) is 2.10. The van der Waals surface area contributed by atoms with Gasteiger partial charge in [-0.05, 0) is 24.8 Å². The number of carbonyl (C=O) groups excluding carboxylic acids is 1. The molecule has 0 N–H and O–H groups in total. The standard InChI is InChI=1S/C12H15NO/c14-10-13-8-4-7-12(13)9-11-5-2-1-3-6-11/h1-3,5-6,10,12H,4,7-9H2. The van der Waals surface area contributed by atoms with E-state index in [-0.39, 0.29) is 0 Å². The first-order valence-electron chi connectivity index (χ1n) is 5.15. The van der Waals surface area contributed by atoms with E-state index in [0.29, 0.717) is 6.04 Å². The Morgan fingerprint density at radius 2 is 2.14 bits per heavy atom. The summed E-state index contributed by atoms with van der Waals surface area (Å²) < 4.78 is 0. The van der Waals surface area contributed by atoms with Crippen molar-refractivity contribution in [2.45, 2.75) is 25.3 Å². The number of likely N-dealkylation sites (tertiary alicyclic amines) is 1. The molecule has 1 aliphatic rings. The average Bonchev–Trinajstić information content (AvgIpc) is 2.67. The van der Waals surface area contributed by atoms with Gasteiger partial charge in [-0.2, -0.15) is 0 Å². The van der Waals surface area contributed by atoms with Crippen molar-refractivity contribution in [3.05, 3.63) is 35.9 Å². The van der Waals surface area contributed by atoms with Crippen molar-refractivity contribution in [1.29, 1.82) is 0 Å². The van der Waals surface area contributed by atoms with E-state index in [1.807, 2.05) is 11.0 Å². The zero-order valence-electron chi connectivity index (χ0n) is 8.23. The first-order chi connectivity index (χ1) is 6.90. The SMILES string of the molecule is O=CN1CCCC1Cc1ccccc1. The topological polar surface area (TPSA) is 20.3 Å². The highest BCUT2D eigenvalue weighted by molar-refractivity contribution is 5.48. The Kier molecular flexibility index (Phi) is 2.82. The molecule has 1 fully saturated rings. The minimum atomic E-state index is 0.426. The first-order valence-corrected chi connectivity index (χ1v) is 5.15. The van der Waals surface area contributed by atoms with Gasteiger partial charge in [-0.15, -0.1) is 0 Å². The van der Waals surface area contributed by atoms with E-state index in [2.05, 4.69) is 24.3 Å². The molecule has 0 radical (unpaired) electrons. The quantitative estimate of drug-likeness (QED) is 0.664. The van der Waals surface area contributed by atoms with Crippen LogP contribution in [-0.2, 0) is 11.2 Å². The van der Waals surface area contributed by atoms with Gasteiger partial charge < -0.3 is 4.90 Å². The molecule has 1 amide bonds. The van der Waals surface area contributed by atoms with E-state index in [1.165, 1.54) is 5.56 Å². The summed E-state index contributed by atoms with van der Waals surface area (Å²) in [4.78, 5) is 12.7. The molecule has 2 rings (SSSR count). The van der Waals surface area contributed by atoms with E-state index in [1.54, 1.807) is 0 Å². The highest BCUT2D eigenvalue weighted by Gasteiger charge is 2.22. The normalized spacial score (nSPS) is 21.1. The lowest BCUT2D eigenvalue weighted by atomic mass is 10.0. The Balaban J connectivity index is 2.00. The minimum Gasteiger partial charge on any atom is -0.342 e. The molecule has 0 bridgehead atoms. The molecular formula is C12H15NO. The largest absolute Gasteiger partial charge is 0.342 e. The van der Waals surface area contributed by atoms with Crippen LogP contribution >= 0.6 is 0 Å². The van der Waals surface area contributed by atoms with Crippen molar-refractivity contribution in [3.8, 4) is 0 Å². The summed E-state index contributed by atoms with van der Waals surface area (Å²) >= 11 is 0. The molecule has 1 atom stereocenters. The maximum Gasteiger partial charge on any atom is 0.209 e. The lowest BCUT2D eigenvalue weighted by molar-refractivity contribution is -0.118. The van der Waals surface area contributed by atoms with Gasteiger partial charge in [0.25, 0.3) is 0 Å². The molecule has 14 heavy (non-hydrogen) atoms. The number of nitrogens with zero attached hydrogens (tertiary/aromatic N) is 1. The molecule has 0 spiro atoms. The molecule has 1 saturated heterocycles. The molecule has 1 unspecified atom stereocenters. The highest BCUT2D eigenvalue weighted by Crippen LogP contribution is 2.19. The second kappa shape index (κ2) is 4.27. The Morgan fingerprint density at radius 1 is 1.36 bits per heavy atom. The predicted molar refractivity (Wildman–Crippen MR) is 55.9 cm³/mol. The summed E-state index contributed by atoms with van der Waals surface area (Å²) in [5.74, 6) is 0. The van der Waals surface area contributed by atoms with Crippen LogP contribution in [0.25, 0.3) is 0 Å². The van der Waals surface area contributed by atoms with Crippen molar-refractivity contribution in [1.82, 2.24) is 4.90 Å². The van der Waals surface area contributed by atoms with Gasteiger partial charge in [0.15, 0.2) is 0 Å². The Bertz CT molecular complexity index is 296. The van der Waals surface area contributed by atoms with Crippen molar-refractivity contribution < 1.29 is 4.79 Å². The van der Waals surface area contributed by atoms with Crippen molar-refractivity contribution >= 4 is 6.41 Å². The number of carbonyl (C=O) groups is 1. The fraction of sp³-hybridized carbons (Fsp3) is 0.417. The average molecular weight is 189 g/mol. The third-order valence-corrected chi connectivity index (χ3v) is 2.87. The molecule has 1 aliphatic heterocycles. The lowest BCUT2D eigenvalue weighted by Gasteiger charge is -2.19. The van der Waals surface area contributed by atoms with Gasteiger partial charge in [0.05, 0.1) is 0 Å². The third kappa shape index (κ3) is 1.95. The van der Waals surface area contributed by atoms with Crippen LogP contribution in [-0.4, -0.2) is 23.9 Å². The van der Waals surface area contributed by atoms with Crippen LogP contribution in [0.3, 0.4) is 0 Å². The molecule has 2 heteroatoms. The van der Waals surface area contributed by atoms with Crippen molar-refractivity contribution in [3.63, 3.8) is 0 Å². The fourth-order valence-electron chi connectivity index (χ4n) is 2.10. The van der Waals surface area contributed by atoms with Gasteiger partial charge in [-0.1, -0.05) is 30.3 Å². The maximum atomic E-state index is 10.7. The highest BCUT2D eigenvalue weighted by atomic mass is 16.1. The molecule has 1 heterocycles. The summed E-state index contributed by atoms with van der Waals surface area (Å²) in [5, 5.41) is 0. The second-order valence-electron chi connectivity index (χ2n) is 3.83. The second-order valence-corrected chi connectivity index (χ2v) is 3.83. The minimum absolute atomic E-state index is 0.426. The zero-order valence-corrected chi connectivity index (χ0v) is 8.23. The van der Waals surface area contributed by atoms with Crippen LogP contribution in [0.5, 0.6) is 0 Å². The van der Waals surface area contributed by atoms with E-state index in [4.69, 9.17) is 0 Å². The Hall–Kier alpha value is -1.31. The number of rotatable bonds is 3. The van der Waals surface area contributed by atoms with Crippen LogP contribution in [0.1, 0.15) is 18.4 Å². The van der Waals surface area contributed by atoms with Crippen LogP contribution in [0, 0.1) is 0 Å². The summed E-state index contributed by atoms with van der Waals surface area (Å²) in [7, 11) is 0. The van der Waals surface area contributed by atoms with Crippen LogP contribution in [0.4, 0.5) is 0 Å². The van der Waals surface area contributed by atoms with E-state index < -0.39 is 0 Å². The van der Waals surface area contributed by atoms with E-state index >= 15 is 0 Å². The molecule has 0 aliphatic carbocycles. The van der Waals surface area contributed by atoms with Gasteiger partial charge in [0.1, 0.15) is 0 Å². The Labute approximate surface area is 84.5 Å². The molecular weight excluding hydrogens is 174 g/mol. The molecule has 2 nitrogen and oxygen atoms in total. The number of benzene rings is 1. The monoisotopic (exact) mass is 189 g/mol. The first kappa shape index (κ1) is 9.25. The van der Waals surface area contributed by atoms with E-state index in [9.17, 15) is 4.79 Å². The molecule has 1 aromatic carbocycles. The van der Waals surface area contributed by atoms with Crippen molar-refractivity contribution in [2.75, 3.05) is 6.54 Å². The van der Waals surface area contributed by atoms with Gasteiger partial charge in [-0.25, -0.2) is 0 Å². The number of amides is 1. The summed E-state index contributed by atoms with van der Waals surface area (Å²) in [6.45, 7) is 0.932. The number of hydrogen-bond donors (Lipinski definition) is 0. The molecule has 74 valence electrons. The summed E-state index contributed by atoms with van der Waals surface area (Å²) in [5.41, 5.74) is 1.33. The van der Waals surface area contributed by atoms with Crippen LogP contribution < -0.4 is 0 Å². The van der Waals surface area contributed by atoms with Gasteiger partial charge in [0, 0.05) is 12.6 Å². The predicted octanol–water partition coefficient (Wildman–Crippen LogP) is 1.85. The van der Waals surface area contributed by atoms with Gasteiger partial charge in [-0.3, -0.25) is 4.79 Å².